The molecule has 6 nitrogen and oxygen atoms in total. The molecule has 0 saturated heterocycles. The number of primary amides is 1. The Hall–Kier alpha value is -3.04. The van der Waals surface area contributed by atoms with Crippen LogP contribution in [0.5, 0.6) is 0 Å². The summed E-state index contributed by atoms with van der Waals surface area (Å²) in [5.74, 6) is -0.463. The molecule has 2 atom stereocenters. The highest BCUT2D eigenvalue weighted by atomic mass is 19.4. The number of alkyl halides is 3. The number of carbonyl (C=O) groups excluding carboxylic acids is 1. The number of hydrazine groups is 1. The number of hydrogen-bond donors (Lipinski definition) is 5. The van der Waals surface area contributed by atoms with Crippen LogP contribution >= 0.6 is 0 Å². The number of hydrogen-bond acceptors (Lipinski definition) is 5. The average Bonchev–Trinajstić information content (AvgIpc) is 3.42. The Balaban J connectivity index is 1.85. The molecule has 2 aromatic rings. The first-order valence-electron chi connectivity index (χ1n) is 10.0. The van der Waals surface area contributed by atoms with Crippen molar-refractivity contribution in [1.29, 1.82) is 0 Å². The van der Waals surface area contributed by atoms with Crippen LogP contribution in [0.1, 0.15) is 35.6 Å². The molecular formula is C22H24F3N5O. The fraction of sp³-hybridized carbons (Fsp3) is 0.318. The molecule has 2 aromatic carbocycles. The molecule has 0 spiro atoms. The van der Waals surface area contributed by atoms with E-state index in [-0.39, 0.29) is 11.3 Å². The van der Waals surface area contributed by atoms with E-state index in [9.17, 15) is 18.0 Å². The van der Waals surface area contributed by atoms with Gasteiger partial charge in [-0.05, 0) is 60.2 Å². The topological polar surface area (TPSA) is 105 Å². The number of nitrogens with two attached hydrogens (primary N) is 2. The van der Waals surface area contributed by atoms with Crippen molar-refractivity contribution in [2.24, 2.45) is 11.7 Å². The van der Waals surface area contributed by atoms with E-state index >= 15 is 0 Å². The van der Waals surface area contributed by atoms with Crippen molar-refractivity contribution >= 4 is 11.6 Å². The molecule has 0 radical (unpaired) electrons. The van der Waals surface area contributed by atoms with Gasteiger partial charge >= 0.3 is 6.18 Å². The number of benzene rings is 2. The standard InChI is InChI=1S/C22H24F3N5O/c23-22(24,25)21(11-18(20(27)31)29-30-21)17-7-2-1-6-16(17)19(28-12-13-8-9-13)14-4-3-5-15(26)10-14/h1-7,10-11,13,19,28-30H,8-9,12,26H2,(H2,27,31). The van der Waals surface area contributed by atoms with Gasteiger partial charge < -0.3 is 22.2 Å². The van der Waals surface area contributed by atoms with Gasteiger partial charge in [-0.1, -0.05) is 36.4 Å². The summed E-state index contributed by atoms with van der Waals surface area (Å²) in [7, 11) is 0. The van der Waals surface area contributed by atoms with Crippen LogP contribution in [0.2, 0.25) is 0 Å². The first-order valence-corrected chi connectivity index (χ1v) is 10.0. The van der Waals surface area contributed by atoms with Gasteiger partial charge in [-0.25, -0.2) is 5.43 Å². The van der Waals surface area contributed by atoms with Crippen molar-refractivity contribution in [3.05, 3.63) is 77.0 Å². The summed E-state index contributed by atoms with van der Waals surface area (Å²) < 4.78 is 43.3. The van der Waals surface area contributed by atoms with Gasteiger partial charge in [-0.3, -0.25) is 4.79 Å². The van der Waals surface area contributed by atoms with Crippen LogP contribution in [0, 0.1) is 5.92 Å². The van der Waals surface area contributed by atoms with E-state index in [1.165, 1.54) is 6.07 Å². The van der Waals surface area contributed by atoms with Gasteiger partial charge in [0.15, 0.2) is 5.54 Å². The summed E-state index contributed by atoms with van der Waals surface area (Å²) in [5, 5.41) is 3.42. The minimum Gasteiger partial charge on any atom is -0.399 e. The number of carbonyl (C=O) groups is 1. The van der Waals surface area contributed by atoms with Crippen LogP contribution in [0.25, 0.3) is 0 Å². The van der Waals surface area contributed by atoms with Gasteiger partial charge in [0, 0.05) is 5.69 Å². The first kappa shape index (κ1) is 21.2. The molecule has 1 amide bonds. The number of rotatable bonds is 7. The maximum absolute atomic E-state index is 14.4. The van der Waals surface area contributed by atoms with E-state index in [2.05, 4.69) is 16.2 Å². The second-order valence-corrected chi connectivity index (χ2v) is 8.02. The molecule has 1 aliphatic carbocycles. The summed E-state index contributed by atoms with van der Waals surface area (Å²) in [6, 6.07) is 12.9. The van der Waals surface area contributed by atoms with Crippen LogP contribution in [0.15, 0.2) is 60.3 Å². The third-order valence-electron chi connectivity index (χ3n) is 5.72. The third-order valence-corrected chi connectivity index (χ3v) is 5.72. The number of anilines is 1. The van der Waals surface area contributed by atoms with E-state index in [4.69, 9.17) is 11.5 Å². The van der Waals surface area contributed by atoms with Crippen molar-refractivity contribution in [1.82, 2.24) is 16.2 Å². The predicted molar refractivity (Wildman–Crippen MR) is 111 cm³/mol. The van der Waals surface area contributed by atoms with E-state index in [0.29, 0.717) is 23.7 Å². The summed E-state index contributed by atoms with van der Waals surface area (Å²) in [6.07, 6.45) is -1.74. The van der Waals surface area contributed by atoms with E-state index in [0.717, 1.165) is 24.5 Å². The zero-order chi connectivity index (χ0) is 22.2. The van der Waals surface area contributed by atoms with Crippen LogP contribution < -0.4 is 27.6 Å². The third kappa shape index (κ3) is 4.11. The first-order chi connectivity index (χ1) is 14.7. The smallest absolute Gasteiger partial charge is 0.399 e. The highest BCUT2D eigenvalue weighted by molar-refractivity contribution is 5.92. The van der Waals surface area contributed by atoms with E-state index < -0.39 is 23.7 Å². The Labute approximate surface area is 177 Å². The Morgan fingerprint density at radius 3 is 2.55 bits per heavy atom. The molecular weight excluding hydrogens is 407 g/mol. The summed E-state index contributed by atoms with van der Waals surface area (Å²) >= 11 is 0. The molecule has 1 fully saturated rings. The predicted octanol–water partition coefficient (Wildman–Crippen LogP) is 2.59. The zero-order valence-electron chi connectivity index (χ0n) is 16.7. The fourth-order valence-electron chi connectivity index (χ4n) is 3.90. The number of halogens is 3. The Morgan fingerprint density at radius 2 is 1.94 bits per heavy atom. The maximum Gasteiger partial charge on any atom is 0.416 e. The van der Waals surface area contributed by atoms with Gasteiger partial charge in [0.05, 0.1) is 6.04 Å². The van der Waals surface area contributed by atoms with Gasteiger partial charge in [-0.15, -0.1) is 0 Å². The Kier molecular flexibility index (Phi) is 5.40. The summed E-state index contributed by atoms with van der Waals surface area (Å²) in [5.41, 5.74) is 14.5. The normalized spacial score (nSPS) is 22.0. The minimum absolute atomic E-state index is 0.0260. The number of nitrogen functional groups attached to an aromatic ring is 1. The largest absolute Gasteiger partial charge is 0.416 e. The van der Waals surface area contributed by atoms with Crippen LogP contribution in [0.4, 0.5) is 18.9 Å². The molecule has 1 heterocycles. The number of amides is 1. The Morgan fingerprint density at radius 1 is 1.19 bits per heavy atom. The minimum atomic E-state index is -4.75. The fourth-order valence-corrected chi connectivity index (χ4v) is 3.90. The second kappa shape index (κ2) is 7.90. The number of nitrogens with one attached hydrogen (secondary N) is 3. The molecule has 7 N–H and O–H groups in total. The van der Waals surface area contributed by atoms with E-state index in [1.54, 1.807) is 36.4 Å². The molecule has 2 aliphatic rings. The lowest BCUT2D eigenvalue weighted by atomic mass is 9.82. The van der Waals surface area contributed by atoms with Crippen molar-refractivity contribution < 1.29 is 18.0 Å². The Bertz CT molecular complexity index is 1020. The molecule has 1 saturated carbocycles. The molecule has 2 unspecified atom stereocenters. The van der Waals surface area contributed by atoms with Crippen LogP contribution in [-0.2, 0) is 10.3 Å². The molecule has 9 heteroatoms. The summed E-state index contributed by atoms with van der Waals surface area (Å²) in [4.78, 5) is 11.6. The highest BCUT2D eigenvalue weighted by Gasteiger charge is 2.58. The van der Waals surface area contributed by atoms with E-state index in [1.807, 2.05) is 6.07 Å². The lowest BCUT2D eigenvalue weighted by Crippen LogP contribution is -2.54. The van der Waals surface area contributed by atoms with Gasteiger partial charge in [0.25, 0.3) is 5.91 Å². The van der Waals surface area contributed by atoms with Crippen molar-refractivity contribution in [2.45, 2.75) is 30.6 Å². The molecule has 31 heavy (non-hydrogen) atoms. The monoisotopic (exact) mass is 431 g/mol. The summed E-state index contributed by atoms with van der Waals surface area (Å²) in [6.45, 7) is 0.681. The highest BCUT2D eigenvalue weighted by Crippen LogP contribution is 2.45. The molecule has 1 aliphatic heterocycles. The lowest BCUT2D eigenvalue weighted by Gasteiger charge is -2.34. The van der Waals surface area contributed by atoms with Crippen LogP contribution in [-0.4, -0.2) is 18.6 Å². The van der Waals surface area contributed by atoms with Gasteiger partial charge in [-0.2, -0.15) is 13.2 Å². The molecule has 0 aromatic heterocycles. The van der Waals surface area contributed by atoms with Crippen molar-refractivity contribution in [3.8, 4) is 0 Å². The SMILES string of the molecule is NC(=O)C1=CC(c2ccccc2C(NCC2CC2)c2cccc(N)c2)(C(F)(F)F)NN1. The van der Waals surface area contributed by atoms with Gasteiger partial charge in [0.1, 0.15) is 5.70 Å². The molecule has 164 valence electrons. The maximum atomic E-state index is 14.4. The lowest BCUT2D eigenvalue weighted by molar-refractivity contribution is -0.185. The second-order valence-electron chi connectivity index (χ2n) is 8.02. The van der Waals surface area contributed by atoms with Crippen molar-refractivity contribution in [2.75, 3.05) is 12.3 Å². The van der Waals surface area contributed by atoms with Gasteiger partial charge in [0.2, 0.25) is 0 Å². The van der Waals surface area contributed by atoms with Crippen LogP contribution in [0.3, 0.4) is 0 Å². The molecule has 4 rings (SSSR count). The quantitative estimate of drug-likeness (QED) is 0.434. The zero-order valence-corrected chi connectivity index (χ0v) is 16.7. The average molecular weight is 431 g/mol. The molecule has 0 bridgehead atoms. The van der Waals surface area contributed by atoms with Crippen molar-refractivity contribution in [3.63, 3.8) is 0 Å².